The summed E-state index contributed by atoms with van der Waals surface area (Å²) in [6.45, 7) is 4.77. The van der Waals surface area contributed by atoms with Crippen LogP contribution in [0.2, 0.25) is 0 Å². The van der Waals surface area contributed by atoms with Crippen LogP contribution in [0.1, 0.15) is 25.0 Å². The van der Waals surface area contributed by atoms with Crippen molar-refractivity contribution in [3.8, 4) is 55.6 Å². The molecule has 1 aliphatic carbocycles. The summed E-state index contributed by atoms with van der Waals surface area (Å²) in [5.74, 6) is 0. The SMILES string of the molecule is CC1(C)c2cccc(-c3ccc(-c4c5ccccc5c(-c5ccc(-c6cccc7c6oc6ccccc67)cc5)c5ccccc45)cc3)c2-c2ccc3ccccc3c21. The van der Waals surface area contributed by atoms with Gasteiger partial charge in [-0.1, -0.05) is 202 Å². The molecule has 0 saturated carbocycles. The van der Waals surface area contributed by atoms with Gasteiger partial charge in [-0.2, -0.15) is 0 Å². The Labute approximate surface area is 337 Å². The van der Waals surface area contributed by atoms with Gasteiger partial charge >= 0.3 is 0 Å². The Morgan fingerprint density at radius 1 is 0.328 bits per heavy atom. The first-order chi connectivity index (χ1) is 28.5. The smallest absolute Gasteiger partial charge is 0.143 e. The molecule has 10 aromatic carbocycles. The van der Waals surface area contributed by atoms with Crippen LogP contribution in [0.3, 0.4) is 0 Å². The third-order valence-electron chi connectivity index (χ3n) is 12.9. The first-order valence-electron chi connectivity index (χ1n) is 20.3. The Bertz CT molecular complexity index is 3390. The number of hydrogen-bond donors (Lipinski definition) is 0. The zero-order chi connectivity index (χ0) is 38.5. The Morgan fingerprint density at radius 3 is 1.45 bits per heavy atom. The van der Waals surface area contributed by atoms with Crippen molar-refractivity contribution in [3.63, 3.8) is 0 Å². The molecular weight excluding hydrogens is 701 g/mol. The van der Waals surface area contributed by atoms with E-state index >= 15 is 0 Å². The van der Waals surface area contributed by atoms with E-state index in [9.17, 15) is 0 Å². The zero-order valence-corrected chi connectivity index (χ0v) is 32.4. The molecule has 1 aliphatic rings. The molecule has 0 fully saturated rings. The van der Waals surface area contributed by atoms with Gasteiger partial charge in [-0.25, -0.2) is 0 Å². The molecule has 11 aromatic rings. The summed E-state index contributed by atoms with van der Waals surface area (Å²) >= 11 is 0. The summed E-state index contributed by atoms with van der Waals surface area (Å²) in [5.41, 5.74) is 17.0. The van der Waals surface area contributed by atoms with E-state index in [-0.39, 0.29) is 5.41 Å². The first kappa shape index (κ1) is 33.0. The van der Waals surface area contributed by atoms with E-state index in [1.54, 1.807) is 0 Å². The molecule has 1 aromatic heterocycles. The van der Waals surface area contributed by atoms with Crippen LogP contribution in [0.25, 0.3) is 110 Å². The summed E-state index contributed by atoms with van der Waals surface area (Å²) in [7, 11) is 0. The predicted octanol–water partition coefficient (Wildman–Crippen LogP) is 16.0. The number of furan rings is 1. The van der Waals surface area contributed by atoms with Crippen molar-refractivity contribution >= 4 is 54.3 Å². The molecule has 1 heteroatoms. The summed E-state index contributed by atoms with van der Waals surface area (Å²) in [6, 6.07) is 71.3. The van der Waals surface area contributed by atoms with Gasteiger partial charge in [-0.3, -0.25) is 0 Å². The van der Waals surface area contributed by atoms with Gasteiger partial charge in [0.15, 0.2) is 0 Å². The van der Waals surface area contributed by atoms with E-state index in [1.807, 2.05) is 12.1 Å². The normalized spacial score (nSPS) is 13.1. The van der Waals surface area contributed by atoms with Crippen molar-refractivity contribution in [1.82, 2.24) is 0 Å². The maximum absolute atomic E-state index is 6.41. The predicted molar refractivity (Wildman–Crippen MR) is 246 cm³/mol. The topological polar surface area (TPSA) is 13.1 Å². The molecule has 0 amide bonds. The largest absolute Gasteiger partial charge is 0.455 e. The second-order valence-corrected chi connectivity index (χ2v) is 16.3. The lowest BCUT2D eigenvalue weighted by Gasteiger charge is -2.23. The molecule has 0 N–H and O–H groups in total. The van der Waals surface area contributed by atoms with Crippen LogP contribution >= 0.6 is 0 Å². The summed E-state index contributed by atoms with van der Waals surface area (Å²) in [5, 5.41) is 9.95. The average molecular weight is 739 g/mol. The van der Waals surface area contributed by atoms with Crippen molar-refractivity contribution in [2.45, 2.75) is 19.3 Å². The van der Waals surface area contributed by atoms with Gasteiger partial charge in [0.2, 0.25) is 0 Å². The molecule has 0 saturated heterocycles. The van der Waals surface area contributed by atoms with Gasteiger partial charge in [0.25, 0.3) is 0 Å². The number of rotatable bonds is 4. The molecule has 0 unspecified atom stereocenters. The minimum absolute atomic E-state index is 0.0933. The number of benzene rings is 10. The van der Waals surface area contributed by atoms with Crippen molar-refractivity contribution in [3.05, 3.63) is 205 Å². The fourth-order valence-corrected chi connectivity index (χ4v) is 10.2. The number of hydrogen-bond acceptors (Lipinski definition) is 1. The average Bonchev–Trinajstić information content (AvgIpc) is 3.78. The molecule has 0 aliphatic heterocycles. The van der Waals surface area contributed by atoms with Crippen LogP contribution in [0.4, 0.5) is 0 Å². The highest BCUT2D eigenvalue weighted by Crippen LogP contribution is 2.54. The minimum Gasteiger partial charge on any atom is -0.455 e. The van der Waals surface area contributed by atoms with Gasteiger partial charge in [0.1, 0.15) is 11.2 Å². The lowest BCUT2D eigenvalue weighted by molar-refractivity contribution is 0.666. The Hall–Kier alpha value is -7.22. The first-order valence-corrected chi connectivity index (χ1v) is 20.3. The molecule has 12 rings (SSSR count). The van der Waals surface area contributed by atoms with Crippen molar-refractivity contribution < 1.29 is 4.42 Å². The lowest BCUT2D eigenvalue weighted by atomic mass is 9.80. The quantitative estimate of drug-likeness (QED) is 0.164. The van der Waals surface area contributed by atoms with Crippen molar-refractivity contribution in [2.75, 3.05) is 0 Å². The Kier molecular flexibility index (Phi) is 7.04. The van der Waals surface area contributed by atoms with E-state index in [1.165, 1.54) is 88.0 Å². The third kappa shape index (κ3) is 4.71. The molecule has 0 bridgehead atoms. The molecule has 0 atom stereocenters. The minimum atomic E-state index is -0.0933. The second-order valence-electron chi connectivity index (χ2n) is 16.3. The monoisotopic (exact) mass is 738 g/mol. The highest BCUT2D eigenvalue weighted by atomic mass is 16.3. The second kappa shape index (κ2) is 12.4. The Morgan fingerprint density at radius 2 is 0.810 bits per heavy atom. The molecule has 0 radical (unpaired) electrons. The third-order valence-corrected chi connectivity index (χ3v) is 12.9. The molecular formula is C57H38O. The van der Waals surface area contributed by atoms with Gasteiger partial charge in [0.05, 0.1) is 0 Å². The van der Waals surface area contributed by atoms with E-state index in [2.05, 4.69) is 196 Å². The molecule has 58 heavy (non-hydrogen) atoms. The fourth-order valence-electron chi connectivity index (χ4n) is 10.2. The van der Waals surface area contributed by atoms with E-state index < -0.39 is 0 Å². The summed E-state index contributed by atoms with van der Waals surface area (Å²) in [4.78, 5) is 0. The van der Waals surface area contributed by atoms with E-state index in [4.69, 9.17) is 4.42 Å². The maximum atomic E-state index is 6.41. The molecule has 1 heterocycles. The molecule has 0 spiro atoms. The van der Waals surface area contributed by atoms with Crippen molar-refractivity contribution in [1.29, 1.82) is 0 Å². The van der Waals surface area contributed by atoms with Crippen LogP contribution < -0.4 is 0 Å². The van der Waals surface area contributed by atoms with Crippen LogP contribution in [0.15, 0.2) is 199 Å². The van der Waals surface area contributed by atoms with Crippen LogP contribution in [0, 0.1) is 0 Å². The van der Waals surface area contributed by atoms with E-state index in [0.29, 0.717) is 0 Å². The summed E-state index contributed by atoms with van der Waals surface area (Å²) in [6.07, 6.45) is 0. The highest BCUT2D eigenvalue weighted by Gasteiger charge is 2.38. The molecule has 1 nitrogen and oxygen atoms in total. The standard InChI is InChI=1S/C57H38O/c1-57(2)50-23-12-20-40(54(50)49-34-33-35-13-3-4-14-41(35)55(49)57)36-25-29-38(30-26-36)52-44-16-5-7-18-46(44)53(47-19-8-6-17-45(47)52)39-31-27-37(28-32-39)42-21-11-22-48-43-15-9-10-24-51(43)58-56(42)48/h3-34H,1-2H3. The van der Waals surface area contributed by atoms with Crippen LogP contribution in [0.5, 0.6) is 0 Å². The lowest BCUT2D eigenvalue weighted by Crippen LogP contribution is -2.15. The van der Waals surface area contributed by atoms with Crippen molar-refractivity contribution in [2.24, 2.45) is 0 Å². The highest BCUT2D eigenvalue weighted by molar-refractivity contribution is 6.21. The zero-order valence-electron chi connectivity index (χ0n) is 32.4. The van der Waals surface area contributed by atoms with Crippen LogP contribution in [-0.4, -0.2) is 0 Å². The number of para-hydroxylation sites is 2. The van der Waals surface area contributed by atoms with Gasteiger partial charge in [-0.15, -0.1) is 0 Å². The van der Waals surface area contributed by atoms with Gasteiger partial charge in [0, 0.05) is 21.8 Å². The number of fused-ring (bicyclic) bond motifs is 10. The Balaban J connectivity index is 0.977. The van der Waals surface area contributed by atoms with Gasteiger partial charge in [-0.05, 0) is 99.6 Å². The van der Waals surface area contributed by atoms with Gasteiger partial charge < -0.3 is 4.42 Å². The van der Waals surface area contributed by atoms with E-state index in [0.717, 1.165) is 33.1 Å². The summed E-state index contributed by atoms with van der Waals surface area (Å²) < 4.78 is 6.41. The fraction of sp³-hybridized carbons (Fsp3) is 0.0526. The van der Waals surface area contributed by atoms with Crippen LogP contribution in [-0.2, 0) is 5.41 Å². The molecule has 272 valence electrons. The maximum Gasteiger partial charge on any atom is 0.143 e.